The van der Waals surface area contributed by atoms with E-state index in [4.69, 9.17) is 0 Å². The lowest BCUT2D eigenvalue weighted by atomic mass is 10.1. The standard InChI is InChI=1S/C19H26N4O/c1-3-23-14-18(15(2)21-23)19(24)20-17-9-7-16(8-10-17)13-22-11-5-4-6-12-22/h7-10,14H,3-6,11-13H2,1-2H3,(H,20,24). The van der Waals surface area contributed by atoms with E-state index in [2.05, 4.69) is 27.4 Å². The number of rotatable bonds is 5. The fourth-order valence-electron chi connectivity index (χ4n) is 3.17. The molecule has 3 rings (SSSR count). The summed E-state index contributed by atoms with van der Waals surface area (Å²) in [4.78, 5) is 14.9. The molecule has 5 heteroatoms. The smallest absolute Gasteiger partial charge is 0.259 e. The van der Waals surface area contributed by atoms with Crippen LogP contribution in [-0.2, 0) is 13.1 Å². The first-order chi connectivity index (χ1) is 11.7. The van der Waals surface area contributed by atoms with Crippen LogP contribution in [-0.4, -0.2) is 33.7 Å². The molecule has 2 heterocycles. The van der Waals surface area contributed by atoms with Crippen molar-refractivity contribution < 1.29 is 4.79 Å². The maximum absolute atomic E-state index is 12.4. The minimum absolute atomic E-state index is 0.101. The lowest BCUT2D eigenvalue weighted by molar-refractivity contribution is 0.102. The van der Waals surface area contributed by atoms with Crippen LogP contribution in [0.4, 0.5) is 5.69 Å². The van der Waals surface area contributed by atoms with E-state index in [-0.39, 0.29) is 5.91 Å². The van der Waals surface area contributed by atoms with Crippen molar-refractivity contribution in [3.8, 4) is 0 Å². The molecule has 1 aromatic carbocycles. The first-order valence-electron chi connectivity index (χ1n) is 8.82. The minimum Gasteiger partial charge on any atom is -0.322 e. The minimum atomic E-state index is -0.101. The van der Waals surface area contributed by atoms with Gasteiger partial charge in [-0.1, -0.05) is 18.6 Å². The number of carbonyl (C=O) groups excluding carboxylic acids is 1. The zero-order chi connectivity index (χ0) is 16.9. The molecule has 0 radical (unpaired) electrons. The Morgan fingerprint density at radius 3 is 2.50 bits per heavy atom. The zero-order valence-corrected chi connectivity index (χ0v) is 14.6. The second kappa shape index (κ2) is 7.62. The molecule has 5 nitrogen and oxygen atoms in total. The third-order valence-electron chi connectivity index (χ3n) is 4.58. The third-order valence-corrected chi connectivity index (χ3v) is 4.58. The summed E-state index contributed by atoms with van der Waals surface area (Å²) in [6, 6.07) is 8.17. The summed E-state index contributed by atoms with van der Waals surface area (Å²) in [5, 5.41) is 7.28. The van der Waals surface area contributed by atoms with Crippen molar-refractivity contribution >= 4 is 11.6 Å². The number of likely N-dealkylation sites (tertiary alicyclic amines) is 1. The summed E-state index contributed by atoms with van der Waals surface area (Å²) in [6.07, 6.45) is 5.77. The molecular formula is C19H26N4O. The highest BCUT2D eigenvalue weighted by Gasteiger charge is 2.14. The number of aryl methyl sites for hydroxylation is 2. The molecule has 1 amide bonds. The van der Waals surface area contributed by atoms with Crippen LogP contribution in [0, 0.1) is 6.92 Å². The van der Waals surface area contributed by atoms with Crippen LogP contribution in [0.1, 0.15) is 47.8 Å². The molecule has 0 atom stereocenters. The Kier molecular flexibility index (Phi) is 5.30. The Bertz CT molecular complexity index is 684. The van der Waals surface area contributed by atoms with Crippen LogP contribution in [0.25, 0.3) is 0 Å². The van der Waals surface area contributed by atoms with Crippen molar-refractivity contribution in [1.29, 1.82) is 0 Å². The van der Waals surface area contributed by atoms with Crippen LogP contribution in [0.5, 0.6) is 0 Å². The fourth-order valence-corrected chi connectivity index (χ4v) is 3.17. The first-order valence-corrected chi connectivity index (χ1v) is 8.82. The summed E-state index contributed by atoms with van der Waals surface area (Å²) < 4.78 is 1.78. The van der Waals surface area contributed by atoms with Gasteiger partial charge in [0.2, 0.25) is 0 Å². The molecule has 1 aliphatic heterocycles. The number of nitrogens with zero attached hydrogens (tertiary/aromatic N) is 3. The summed E-state index contributed by atoms with van der Waals surface area (Å²) >= 11 is 0. The molecule has 1 aromatic heterocycles. The summed E-state index contributed by atoms with van der Waals surface area (Å²) in [6.45, 7) is 8.02. The molecule has 1 saturated heterocycles. The van der Waals surface area contributed by atoms with E-state index in [1.807, 2.05) is 26.0 Å². The number of carbonyl (C=O) groups is 1. The van der Waals surface area contributed by atoms with Gasteiger partial charge in [0, 0.05) is 25.0 Å². The van der Waals surface area contributed by atoms with Crippen LogP contribution in [0.15, 0.2) is 30.5 Å². The Hall–Kier alpha value is -2.14. The molecule has 0 saturated carbocycles. The van der Waals surface area contributed by atoms with E-state index < -0.39 is 0 Å². The van der Waals surface area contributed by atoms with Crippen LogP contribution in [0.2, 0.25) is 0 Å². The quantitative estimate of drug-likeness (QED) is 0.915. The average Bonchev–Trinajstić information content (AvgIpc) is 2.99. The highest BCUT2D eigenvalue weighted by atomic mass is 16.1. The first kappa shape index (κ1) is 16.7. The second-order valence-corrected chi connectivity index (χ2v) is 6.47. The van der Waals surface area contributed by atoms with Gasteiger partial charge in [0.25, 0.3) is 5.91 Å². The average molecular weight is 326 g/mol. The number of piperidine rings is 1. The van der Waals surface area contributed by atoms with Gasteiger partial charge in [-0.15, -0.1) is 0 Å². The predicted octanol–water partition coefficient (Wildman–Crippen LogP) is 3.45. The van der Waals surface area contributed by atoms with Gasteiger partial charge in [-0.05, 0) is 57.5 Å². The molecule has 0 unspecified atom stereocenters. The summed E-state index contributed by atoms with van der Waals surface area (Å²) in [5.41, 5.74) is 3.52. The predicted molar refractivity (Wildman–Crippen MR) is 96.2 cm³/mol. The molecule has 1 fully saturated rings. The topological polar surface area (TPSA) is 50.2 Å². The molecule has 0 aliphatic carbocycles. The van der Waals surface area contributed by atoms with Crippen molar-refractivity contribution in [3.05, 3.63) is 47.3 Å². The highest BCUT2D eigenvalue weighted by molar-refractivity contribution is 6.04. The van der Waals surface area contributed by atoms with E-state index in [0.717, 1.165) is 24.5 Å². The second-order valence-electron chi connectivity index (χ2n) is 6.47. The van der Waals surface area contributed by atoms with E-state index in [9.17, 15) is 4.79 Å². The summed E-state index contributed by atoms with van der Waals surface area (Å²) in [7, 11) is 0. The van der Waals surface area contributed by atoms with Gasteiger partial charge in [-0.3, -0.25) is 14.4 Å². The van der Waals surface area contributed by atoms with E-state index in [1.165, 1.54) is 37.9 Å². The molecule has 0 bridgehead atoms. The maximum Gasteiger partial charge on any atom is 0.259 e. The largest absolute Gasteiger partial charge is 0.322 e. The molecule has 1 N–H and O–H groups in total. The van der Waals surface area contributed by atoms with Gasteiger partial charge in [-0.2, -0.15) is 5.10 Å². The van der Waals surface area contributed by atoms with E-state index in [0.29, 0.717) is 5.56 Å². The van der Waals surface area contributed by atoms with Crippen LogP contribution >= 0.6 is 0 Å². The molecule has 24 heavy (non-hydrogen) atoms. The van der Waals surface area contributed by atoms with E-state index >= 15 is 0 Å². The number of benzene rings is 1. The van der Waals surface area contributed by atoms with Gasteiger partial charge in [0.15, 0.2) is 0 Å². The van der Waals surface area contributed by atoms with Crippen molar-refractivity contribution in [2.75, 3.05) is 18.4 Å². The van der Waals surface area contributed by atoms with E-state index in [1.54, 1.807) is 10.9 Å². The monoisotopic (exact) mass is 326 g/mol. The van der Waals surface area contributed by atoms with Crippen LogP contribution < -0.4 is 5.32 Å². The van der Waals surface area contributed by atoms with Crippen molar-refractivity contribution in [3.63, 3.8) is 0 Å². The SMILES string of the molecule is CCn1cc(C(=O)Nc2ccc(CN3CCCCC3)cc2)c(C)n1. The number of nitrogens with one attached hydrogen (secondary N) is 1. The molecule has 0 spiro atoms. The zero-order valence-electron chi connectivity index (χ0n) is 14.6. The lowest BCUT2D eigenvalue weighted by Crippen LogP contribution is -2.29. The van der Waals surface area contributed by atoms with Gasteiger partial charge in [0.05, 0.1) is 11.3 Å². The number of aromatic nitrogens is 2. The Morgan fingerprint density at radius 2 is 1.88 bits per heavy atom. The van der Waals surface area contributed by atoms with Gasteiger partial charge in [0.1, 0.15) is 0 Å². The van der Waals surface area contributed by atoms with Gasteiger partial charge in [-0.25, -0.2) is 0 Å². The number of hydrogen-bond acceptors (Lipinski definition) is 3. The highest BCUT2D eigenvalue weighted by Crippen LogP contribution is 2.16. The van der Waals surface area contributed by atoms with Crippen molar-refractivity contribution in [1.82, 2.24) is 14.7 Å². The number of hydrogen-bond donors (Lipinski definition) is 1. The molecule has 128 valence electrons. The Labute approximate surface area is 143 Å². The Morgan fingerprint density at radius 1 is 1.17 bits per heavy atom. The molecular weight excluding hydrogens is 300 g/mol. The maximum atomic E-state index is 12.4. The van der Waals surface area contributed by atoms with Crippen molar-refractivity contribution in [2.45, 2.75) is 46.2 Å². The Balaban J connectivity index is 1.60. The molecule has 2 aromatic rings. The van der Waals surface area contributed by atoms with Crippen molar-refractivity contribution in [2.24, 2.45) is 0 Å². The molecule has 1 aliphatic rings. The fraction of sp³-hybridized carbons (Fsp3) is 0.474. The third kappa shape index (κ3) is 4.03. The van der Waals surface area contributed by atoms with Crippen LogP contribution in [0.3, 0.4) is 0 Å². The summed E-state index contributed by atoms with van der Waals surface area (Å²) in [5.74, 6) is -0.101. The lowest BCUT2D eigenvalue weighted by Gasteiger charge is -2.26. The number of amides is 1. The van der Waals surface area contributed by atoms with Gasteiger partial charge >= 0.3 is 0 Å². The number of anilines is 1. The van der Waals surface area contributed by atoms with Gasteiger partial charge < -0.3 is 5.32 Å². The normalized spacial score (nSPS) is 15.4.